The van der Waals surface area contributed by atoms with E-state index in [9.17, 15) is 4.79 Å². The maximum Gasteiger partial charge on any atom is 0.227 e. The lowest BCUT2D eigenvalue weighted by Crippen LogP contribution is -2.20. The van der Waals surface area contributed by atoms with Crippen molar-refractivity contribution in [1.82, 2.24) is 25.1 Å². The van der Waals surface area contributed by atoms with E-state index >= 15 is 0 Å². The van der Waals surface area contributed by atoms with E-state index in [1.165, 1.54) is 15.8 Å². The van der Waals surface area contributed by atoms with Gasteiger partial charge in [-0.15, -0.1) is 11.3 Å². The third-order valence-corrected chi connectivity index (χ3v) is 8.08. The molecule has 0 atom stereocenters. The van der Waals surface area contributed by atoms with Gasteiger partial charge in [0.2, 0.25) is 5.91 Å². The Kier molecular flexibility index (Phi) is 5.32. The highest BCUT2D eigenvalue weighted by Gasteiger charge is 2.23. The van der Waals surface area contributed by atoms with E-state index in [0.717, 1.165) is 64.7 Å². The maximum atomic E-state index is 12.6. The van der Waals surface area contributed by atoms with E-state index in [-0.39, 0.29) is 11.8 Å². The average molecular weight is 505 g/mol. The second kappa shape index (κ2) is 8.97. The fraction of sp³-hybridized carbons (Fsp3) is 0.172. The van der Waals surface area contributed by atoms with E-state index in [1.54, 1.807) is 29.9 Å². The summed E-state index contributed by atoms with van der Waals surface area (Å²) in [7, 11) is 0. The second-order valence-electron chi connectivity index (χ2n) is 9.55. The summed E-state index contributed by atoms with van der Waals surface area (Å²) in [5, 5.41) is 15.0. The molecule has 3 N–H and O–H groups in total. The number of aromatic nitrogens is 5. The molecule has 7 rings (SSSR count). The first-order valence-corrected chi connectivity index (χ1v) is 13.4. The monoisotopic (exact) mass is 504 g/mol. The van der Waals surface area contributed by atoms with E-state index < -0.39 is 0 Å². The molecule has 182 valence electrons. The van der Waals surface area contributed by atoms with Crippen molar-refractivity contribution in [3.05, 3.63) is 72.5 Å². The van der Waals surface area contributed by atoms with Gasteiger partial charge in [-0.05, 0) is 48.6 Å². The lowest BCUT2D eigenvalue weighted by molar-refractivity contribution is -0.119. The standard InChI is InChI=1S/C29H24N6OS/c36-29(17-5-1-2-6-17)32-19-11-18(14-30-15-19)24-13-22-26(16-31-24)34-35-28(22)25-12-21-20(27-9-4-10-37-27)7-3-8-23(21)33-25/h3-4,7-17,33H,1-2,5-6H2,(H,32,36)(H,34,35). The molecule has 0 radical (unpaired) electrons. The van der Waals surface area contributed by atoms with Crippen LogP contribution in [0.15, 0.2) is 72.5 Å². The Morgan fingerprint density at radius 1 is 0.973 bits per heavy atom. The lowest BCUT2D eigenvalue weighted by Gasteiger charge is -2.11. The molecule has 1 aromatic carbocycles. The molecule has 37 heavy (non-hydrogen) atoms. The van der Waals surface area contributed by atoms with Crippen LogP contribution in [0.4, 0.5) is 5.69 Å². The predicted molar refractivity (Wildman–Crippen MR) is 148 cm³/mol. The average Bonchev–Trinajstić information content (AvgIpc) is 3.74. The maximum absolute atomic E-state index is 12.6. The van der Waals surface area contributed by atoms with Crippen LogP contribution in [0.25, 0.3) is 54.9 Å². The molecule has 0 unspecified atom stereocenters. The number of pyridine rings is 2. The van der Waals surface area contributed by atoms with Crippen LogP contribution >= 0.6 is 11.3 Å². The summed E-state index contributed by atoms with van der Waals surface area (Å²) in [4.78, 5) is 26.4. The van der Waals surface area contributed by atoms with Gasteiger partial charge in [-0.3, -0.25) is 19.9 Å². The summed E-state index contributed by atoms with van der Waals surface area (Å²) in [6.07, 6.45) is 9.43. The number of amides is 1. The predicted octanol–water partition coefficient (Wildman–Crippen LogP) is 7.03. The van der Waals surface area contributed by atoms with E-state index in [1.807, 2.05) is 12.1 Å². The molecule has 0 aliphatic heterocycles. The van der Waals surface area contributed by atoms with E-state index in [0.29, 0.717) is 5.69 Å². The second-order valence-corrected chi connectivity index (χ2v) is 10.5. The molecule has 1 saturated carbocycles. The third kappa shape index (κ3) is 3.99. The van der Waals surface area contributed by atoms with Crippen molar-refractivity contribution in [3.8, 4) is 33.1 Å². The number of nitrogens with one attached hydrogen (secondary N) is 3. The molecule has 0 spiro atoms. The largest absolute Gasteiger partial charge is 0.353 e. The molecule has 1 aliphatic rings. The van der Waals surface area contributed by atoms with Gasteiger partial charge in [-0.2, -0.15) is 5.10 Å². The Hall–Kier alpha value is -4.30. The number of benzene rings is 1. The minimum absolute atomic E-state index is 0.0812. The van der Waals surface area contributed by atoms with Gasteiger partial charge in [-0.1, -0.05) is 31.0 Å². The molecule has 0 saturated heterocycles. The summed E-state index contributed by atoms with van der Waals surface area (Å²) >= 11 is 1.74. The van der Waals surface area contributed by atoms with Crippen LogP contribution in [-0.4, -0.2) is 31.1 Å². The molecule has 0 bridgehead atoms. The van der Waals surface area contributed by atoms with Gasteiger partial charge in [0.25, 0.3) is 0 Å². The van der Waals surface area contributed by atoms with Crippen molar-refractivity contribution in [2.45, 2.75) is 25.7 Å². The number of H-pyrrole nitrogens is 2. The van der Waals surface area contributed by atoms with Crippen molar-refractivity contribution in [1.29, 1.82) is 0 Å². The number of carbonyl (C=O) groups is 1. The Bertz CT molecular complexity index is 1740. The van der Waals surface area contributed by atoms with Crippen molar-refractivity contribution < 1.29 is 4.79 Å². The minimum Gasteiger partial charge on any atom is -0.353 e. The summed E-state index contributed by atoms with van der Waals surface area (Å²) in [6.45, 7) is 0. The fourth-order valence-corrected chi connectivity index (χ4v) is 6.06. The quantitative estimate of drug-likeness (QED) is 0.235. The number of hydrogen-bond donors (Lipinski definition) is 3. The molecule has 6 aromatic rings. The van der Waals surface area contributed by atoms with Gasteiger partial charge in [-0.25, -0.2) is 0 Å². The normalized spacial score (nSPS) is 14.1. The molecule has 1 fully saturated rings. The number of thiophene rings is 1. The van der Waals surface area contributed by atoms with Crippen molar-refractivity contribution in [2.24, 2.45) is 5.92 Å². The first kappa shape index (κ1) is 21.9. The van der Waals surface area contributed by atoms with Gasteiger partial charge in [0.1, 0.15) is 5.69 Å². The lowest BCUT2D eigenvalue weighted by atomic mass is 10.1. The minimum atomic E-state index is 0.0812. The van der Waals surface area contributed by atoms with Crippen LogP contribution in [0.1, 0.15) is 25.7 Å². The van der Waals surface area contributed by atoms with Crippen LogP contribution in [0.5, 0.6) is 0 Å². The molecular weight excluding hydrogens is 480 g/mol. The summed E-state index contributed by atoms with van der Waals surface area (Å²) in [6, 6.07) is 16.7. The molecule has 7 nitrogen and oxygen atoms in total. The number of fused-ring (bicyclic) bond motifs is 2. The van der Waals surface area contributed by atoms with Crippen LogP contribution < -0.4 is 5.32 Å². The topological polar surface area (TPSA) is 99.4 Å². The highest BCUT2D eigenvalue weighted by Crippen LogP contribution is 2.36. The zero-order valence-corrected chi connectivity index (χ0v) is 20.8. The number of aromatic amines is 2. The van der Waals surface area contributed by atoms with Gasteiger partial charge in [0, 0.05) is 44.4 Å². The summed E-state index contributed by atoms with van der Waals surface area (Å²) in [5.74, 6) is 0.181. The number of rotatable bonds is 5. The zero-order chi connectivity index (χ0) is 24.8. The molecular formula is C29H24N6OS. The van der Waals surface area contributed by atoms with Crippen LogP contribution in [0.3, 0.4) is 0 Å². The Labute approximate surface area is 217 Å². The summed E-state index contributed by atoms with van der Waals surface area (Å²) < 4.78 is 0. The van der Waals surface area contributed by atoms with E-state index in [4.69, 9.17) is 0 Å². The Balaban J connectivity index is 1.25. The van der Waals surface area contributed by atoms with Crippen molar-refractivity contribution in [2.75, 3.05) is 5.32 Å². The molecule has 8 heteroatoms. The number of hydrogen-bond acceptors (Lipinski definition) is 5. The van der Waals surface area contributed by atoms with Gasteiger partial charge in [0.15, 0.2) is 0 Å². The number of anilines is 1. The molecule has 1 amide bonds. The van der Waals surface area contributed by atoms with Crippen LogP contribution in [-0.2, 0) is 4.79 Å². The summed E-state index contributed by atoms with van der Waals surface area (Å²) in [5.41, 5.74) is 7.23. The molecule has 1 aliphatic carbocycles. The van der Waals surface area contributed by atoms with Crippen molar-refractivity contribution in [3.63, 3.8) is 0 Å². The third-order valence-electron chi connectivity index (χ3n) is 7.18. The number of carbonyl (C=O) groups excluding carboxylic acids is 1. The highest BCUT2D eigenvalue weighted by atomic mass is 32.1. The van der Waals surface area contributed by atoms with Crippen LogP contribution in [0, 0.1) is 5.92 Å². The molecule has 5 aromatic heterocycles. The Morgan fingerprint density at radius 2 is 1.89 bits per heavy atom. The number of nitrogens with zero attached hydrogens (tertiary/aromatic N) is 3. The van der Waals surface area contributed by atoms with Gasteiger partial charge >= 0.3 is 0 Å². The first-order valence-electron chi connectivity index (χ1n) is 12.5. The van der Waals surface area contributed by atoms with Crippen molar-refractivity contribution >= 4 is 44.7 Å². The van der Waals surface area contributed by atoms with Crippen LogP contribution in [0.2, 0.25) is 0 Å². The first-order chi connectivity index (χ1) is 18.2. The SMILES string of the molecule is O=C(Nc1cncc(-c2cc3c(-c4cc5c(-c6cccs6)cccc5[nH]4)n[nH]c3cn2)c1)C1CCCC1. The van der Waals surface area contributed by atoms with Gasteiger partial charge in [0.05, 0.1) is 35.0 Å². The molecule has 5 heterocycles. The Morgan fingerprint density at radius 3 is 2.76 bits per heavy atom. The zero-order valence-electron chi connectivity index (χ0n) is 20.0. The smallest absolute Gasteiger partial charge is 0.227 e. The fourth-order valence-electron chi connectivity index (χ4n) is 5.29. The van der Waals surface area contributed by atoms with Gasteiger partial charge < -0.3 is 10.3 Å². The highest BCUT2D eigenvalue weighted by molar-refractivity contribution is 7.13. The van der Waals surface area contributed by atoms with E-state index in [2.05, 4.69) is 72.2 Å².